The molecule has 260 valence electrons. The van der Waals surface area contributed by atoms with Gasteiger partial charge < -0.3 is 9.13 Å². The highest BCUT2D eigenvalue weighted by Crippen LogP contribution is 2.41. The average molecular weight is 713 g/mol. The maximum absolute atomic E-state index is 5.45. The van der Waals surface area contributed by atoms with Gasteiger partial charge in [0.1, 0.15) is 5.52 Å². The van der Waals surface area contributed by atoms with Gasteiger partial charge in [-0.15, -0.1) is 0 Å². The highest BCUT2D eigenvalue weighted by Gasteiger charge is 2.22. The first-order chi connectivity index (χ1) is 27.8. The lowest BCUT2D eigenvalue weighted by atomic mass is 10.0. The van der Waals surface area contributed by atoms with E-state index in [1.54, 1.807) is 0 Å². The summed E-state index contributed by atoms with van der Waals surface area (Å²) in [5, 5.41) is 11.0. The van der Waals surface area contributed by atoms with Gasteiger partial charge in [-0.3, -0.25) is 0 Å². The summed E-state index contributed by atoms with van der Waals surface area (Å²) in [6.07, 6.45) is 0. The van der Waals surface area contributed by atoms with E-state index in [2.05, 4.69) is 203 Å². The van der Waals surface area contributed by atoms with Crippen molar-refractivity contribution in [3.63, 3.8) is 0 Å². The van der Waals surface area contributed by atoms with E-state index < -0.39 is 0 Å². The number of aromatic nitrogens is 4. The number of para-hydroxylation sites is 2. The van der Waals surface area contributed by atoms with Crippen molar-refractivity contribution in [3.05, 3.63) is 194 Å². The molecule has 12 rings (SSSR count). The van der Waals surface area contributed by atoms with E-state index in [0.717, 1.165) is 50.1 Å². The Kier molecular flexibility index (Phi) is 6.60. The first kappa shape index (κ1) is 30.9. The molecule has 0 unspecified atom stereocenters. The first-order valence-electron chi connectivity index (χ1n) is 19.1. The Hall–Kier alpha value is -7.56. The normalized spacial score (nSPS) is 11.9. The molecular weight excluding hydrogens is 681 g/mol. The van der Waals surface area contributed by atoms with Crippen LogP contribution in [0, 0.1) is 0 Å². The zero-order chi connectivity index (χ0) is 36.7. The van der Waals surface area contributed by atoms with Crippen LogP contribution in [-0.2, 0) is 0 Å². The maximum atomic E-state index is 5.45. The summed E-state index contributed by atoms with van der Waals surface area (Å²) in [7, 11) is 0. The fourth-order valence-corrected chi connectivity index (χ4v) is 8.87. The molecule has 0 amide bonds. The average Bonchev–Trinajstić information content (AvgIpc) is 3.78. The van der Waals surface area contributed by atoms with E-state index in [1.807, 2.05) is 0 Å². The van der Waals surface area contributed by atoms with Crippen LogP contribution in [0.3, 0.4) is 0 Å². The van der Waals surface area contributed by atoms with E-state index in [9.17, 15) is 0 Å². The Balaban J connectivity index is 1.10. The topological polar surface area (TPSA) is 35.6 Å². The van der Waals surface area contributed by atoms with E-state index >= 15 is 0 Å². The fourth-order valence-electron chi connectivity index (χ4n) is 8.87. The summed E-state index contributed by atoms with van der Waals surface area (Å²) in [5.41, 5.74) is 10.5. The first-order valence-corrected chi connectivity index (χ1v) is 19.1. The predicted octanol–water partition coefficient (Wildman–Crippen LogP) is 13.5. The molecule has 56 heavy (non-hydrogen) atoms. The molecule has 0 atom stereocenters. The number of benzene rings is 9. The SMILES string of the molecule is c1ccc(-n2c3ccccc3c3nc(-c4ccc(-n5c6cc7ccccc7cc6c6c7ccccc7ccc65)cc4)nc(-c4ccc5ccccc5c4)c32)cc1. The van der Waals surface area contributed by atoms with Gasteiger partial charge in [-0.2, -0.15) is 0 Å². The molecule has 0 bridgehead atoms. The van der Waals surface area contributed by atoms with Crippen LogP contribution in [0.4, 0.5) is 0 Å². The van der Waals surface area contributed by atoms with Crippen molar-refractivity contribution in [2.75, 3.05) is 0 Å². The van der Waals surface area contributed by atoms with Crippen LogP contribution >= 0.6 is 0 Å². The van der Waals surface area contributed by atoms with Gasteiger partial charge in [0.15, 0.2) is 5.82 Å². The van der Waals surface area contributed by atoms with Crippen LogP contribution in [-0.4, -0.2) is 19.1 Å². The van der Waals surface area contributed by atoms with Crippen molar-refractivity contribution < 1.29 is 0 Å². The lowest BCUT2D eigenvalue weighted by Gasteiger charge is -2.13. The Morgan fingerprint density at radius 3 is 1.75 bits per heavy atom. The fraction of sp³-hybridized carbons (Fsp3) is 0. The van der Waals surface area contributed by atoms with Crippen LogP contribution in [0.15, 0.2) is 194 Å². The molecular formula is C52H32N4. The lowest BCUT2D eigenvalue weighted by Crippen LogP contribution is -2.00. The molecule has 0 aliphatic rings. The van der Waals surface area contributed by atoms with Crippen LogP contribution in [0.1, 0.15) is 0 Å². The van der Waals surface area contributed by atoms with Gasteiger partial charge in [-0.25, -0.2) is 9.97 Å². The minimum absolute atomic E-state index is 0.697. The summed E-state index contributed by atoms with van der Waals surface area (Å²) >= 11 is 0. The summed E-state index contributed by atoms with van der Waals surface area (Å²) < 4.78 is 4.73. The third-order valence-electron chi connectivity index (χ3n) is 11.5. The van der Waals surface area contributed by atoms with Gasteiger partial charge in [0.25, 0.3) is 0 Å². The van der Waals surface area contributed by atoms with Gasteiger partial charge in [0.2, 0.25) is 0 Å². The van der Waals surface area contributed by atoms with Crippen molar-refractivity contribution in [2.45, 2.75) is 0 Å². The van der Waals surface area contributed by atoms with Gasteiger partial charge in [0.05, 0.1) is 27.8 Å². The Morgan fingerprint density at radius 1 is 0.339 bits per heavy atom. The minimum Gasteiger partial charge on any atom is -0.309 e. The number of rotatable bonds is 4. The molecule has 4 nitrogen and oxygen atoms in total. The molecule has 9 aromatic carbocycles. The van der Waals surface area contributed by atoms with Gasteiger partial charge >= 0.3 is 0 Å². The quantitative estimate of drug-likeness (QED) is 0.182. The van der Waals surface area contributed by atoms with E-state index in [1.165, 1.54) is 54.1 Å². The second-order valence-electron chi connectivity index (χ2n) is 14.6. The van der Waals surface area contributed by atoms with Gasteiger partial charge in [-0.05, 0) is 99.0 Å². The second kappa shape index (κ2) is 12.0. The van der Waals surface area contributed by atoms with Crippen molar-refractivity contribution in [3.8, 4) is 34.0 Å². The van der Waals surface area contributed by atoms with E-state index in [-0.39, 0.29) is 0 Å². The van der Waals surface area contributed by atoms with Gasteiger partial charge in [-0.1, -0.05) is 127 Å². The Labute approximate surface area is 322 Å². The highest BCUT2D eigenvalue weighted by atomic mass is 15.0. The maximum Gasteiger partial charge on any atom is 0.160 e. The van der Waals surface area contributed by atoms with Crippen molar-refractivity contribution in [2.24, 2.45) is 0 Å². The standard InChI is InChI=1S/C52H32N4/c1-2-17-40(18-3-1)56-45-21-11-10-20-43(45)50-51(56)49(39-23-22-33-12-4-5-14-36(33)30-39)53-52(54-50)35-24-27-41(28-25-35)55-46-29-26-34-13-8-9-19-42(34)48(46)44-31-37-15-6-7-16-38(37)32-47(44)55/h1-32H. The van der Waals surface area contributed by atoms with Crippen molar-refractivity contribution >= 4 is 76.1 Å². The Bertz CT molecular complexity index is 3520. The summed E-state index contributed by atoms with van der Waals surface area (Å²) in [6, 6.07) is 69.6. The van der Waals surface area contributed by atoms with Crippen LogP contribution in [0.5, 0.6) is 0 Å². The third kappa shape index (κ3) is 4.60. The number of fused-ring (bicyclic) bond motifs is 10. The molecule has 0 radical (unpaired) electrons. The monoisotopic (exact) mass is 712 g/mol. The Morgan fingerprint density at radius 2 is 0.946 bits per heavy atom. The molecule has 0 fully saturated rings. The molecule has 0 spiro atoms. The molecule has 0 aliphatic heterocycles. The second-order valence-corrected chi connectivity index (χ2v) is 14.6. The number of nitrogens with zero attached hydrogens (tertiary/aromatic N) is 4. The smallest absolute Gasteiger partial charge is 0.160 e. The van der Waals surface area contributed by atoms with E-state index in [0.29, 0.717) is 5.82 Å². The summed E-state index contributed by atoms with van der Waals surface area (Å²) in [6.45, 7) is 0. The zero-order valence-corrected chi connectivity index (χ0v) is 30.3. The molecule has 0 saturated heterocycles. The van der Waals surface area contributed by atoms with Crippen LogP contribution < -0.4 is 0 Å². The van der Waals surface area contributed by atoms with Crippen molar-refractivity contribution in [1.82, 2.24) is 19.1 Å². The molecule has 12 aromatic rings. The molecule has 0 N–H and O–H groups in total. The number of hydrogen-bond acceptors (Lipinski definition) is 2. The predicted molar refractivity (Wildman–Crippen MR) is 234 cm³/mol. The van der Waals surface area contributed by atoms with Crippen molar-refractivity contribution in [1.29, 1.82) is 0 Å². The van der Waals surface area contributed by atoms with Crippen LogP contribution in [0.2, 0.25) is 0 Å². The lowest BCUT2D eigenvalue weighted by molar-refractivity contribution is 1.15. The summed E-state index contributed by atoms with van der Waals surface area (Å²) in [5.74, 6) is 0.697. The van der Waals surface area contributed by atoms with E-state index in [4.69, 9.17) is 9.97 Å². The highest BCUT2D eigenvalue weighted by molar-refractivity contribution is 6.23. The third-order valence-corrected chi connectivity index (χ3v) is 11.5. The number of hydrogen-bond donors (Lipinski definition) is 0. The molecule has 0 aliphatic carbocycles. The zero-order valence-electron chi connectivity index (χ0n) is 30.3. The van der Waals surface area contributed by atoms with Crippen LogP contribution in [0.25, 0.3) is 110 Å². The molecule has 4 heteroatoms. The van der Waals surface area contributed by atoms with Gasteiger partial charge in [0, 0.05) is 38.7 Å². The molecule has 3 aromatic heterocycles. The summed E-state index contributed by atoms with van der Waals surface area (Å²) in [4.78, 5) is 10.8. The molecule has 3 heterocycles. The minimum atomic E-state index is 0.697. The largest absolute Gasteiger partial charge is 0.309 e. The molecule has 0 saturated carbocycles.